The number of hydrogen-bond donors (Lipinski definition) is 0. The average Bonchev–Trinajstić information content (AvgIpc) is 2.82. The van der Waals surface area contributed by atoms with E-state index >= 15 is 0 Å². The van der Waals surface area contributed by atoms with Crippen molar-refractivity contribution in [3.05, 3.63) is 121 Å². The van der Waals surface area contributed by atoms with E-state index in [9.17, 15) is 0 Å². The fourth-order valence-electron chi connectivity index (χ4n) is 4.23. The van der Waals surface area contributed by atoms with E-state index < -0.39 is 7.26 Å². The van der Waals surface area contributed by atoms with Gasteiger partial charge in [0.1, 0.15) is 0 Å². The van der Waals surface area contributed by atoms with Crippen LogP contribution in [0, 0.1) is 0 Å². The summed E-state index contributed by atoms with van der Waals surface area (Å²) < 4.78 is 5.33. The molecular formula is C27H27OP. The molecule has 0 heterocycles. The summed E-state index contributed by atoms with van der Waals surface area (Å²) >= 11 is 0. The van der Waals surface area contributed by atoms with E-state index in [0.29, 0.717) is 0 Å². The second kappa shape index (κ2) is 9.07. The van der Waals surface area contributed by atoms with Crippen LogP contribution in [-0.4, -0.2) is 13.3 Å². The van der Waals surface area contributed by atoms with Crippen molar-refractivity contribution in [2.45, 2.75) is 6.42 Å². The van der Waals surface area contributed by atoms with Crippen LogP contribution in [0.3, 0.4) is 0 Å². The summed E-state index contributed by atoms with van der Waals surface area (Å²) in [6.07, 6.45) is 2.16. The quantitative estimate of drug-likeness (QED) is 0.400. The Morgan fingerprint density at radius 3 is 1.34 bits per heavy atom. The molecule has 0 atom stereocenters. The van der Waals surface area contributed by atoms with Crippen molar-refractivity contribution in [3.8, 4) is 5.75 Å². The van der Waals surface area contributed by atoms with Crippen LogP contribution >= 0.6 is 7.26 Å². The molecule has 4 rings (SSSR count). The molecule has 0 radical (unpaired) electrons. The topological polar surface area (TPSA) is 9.23 Å². The zero-order chi connectivity index (χ0) is 19.9. The molecule has 29 heavy (non-hydrogen) atoms. The van der Waals surface area contributed by atoms with Crippen molar-refractivity contribution in [2.24, 2.45) is 0 Å². The van der Waals surface area contributed by atoms with Gasteiger partial charge >= 0.3 is 174 Å². The van der Waals surface area contributed by atoms with Crippen LogP contribution in [0.5, 0.6) is 5.75 Å². The number of benzene rings is 4. The Hall–Kier alpha value is -2.89. The first-order valence-corrected chi connectivity index (χ1v) is 12.3. The van der Waals surface area contributed by atoms with Gasteiger partial charge in [0.05, 0.1) is 0 Å². The molecule has 0 N–H and O–H groups in total. The van der Waals surface area contributed by atoms with Crippen molar-refractivity contribution >= 4 is 23.2 Å². The summed E-state index contributed by atoms with van der Waals surface area (Å²) in [4.78, 5) is 0. The summed E-state index contributed by atoms with van der Waals surface area (Å²) in [5.41, 5.74) is 1.35. The zero-order valence-corrected chi connectivity index (χ0v) is 17.8. The van der Waals surface area contributed by atoms with Crippen LogP contribution in [0.2, 0.25) is 0 Å². The molecule has 0 bridgehead atoms. The van der Waals surface area contributed by atoms with Crippen molar-refractivity contribution in [2.75, 3.05) is 13.3 Å². The number of ether oxygens (including phenoxy) is 1. The summed E-state index contributed by atoms with van der Waals surface area (Å²) in [5, 5.41) is 4.39. The van der Waals surface area contributed by atoms with Gasteiger partial charge in [0, 0.05) is 0 Å². The van der Waals surface area contributed by atoms with E-state index in [4.69, 9.17) is 4.74 Å². The predicted octanol–water partition coefficient (Wildman–Crippen LogP) is 4.96. The van der Waals surface area contributed by atoms with Crippen LogP contribution in [0.25, 0.3) is 0 Å². The number of aryl methyl sites for hydroxylation is 1. The monoisotopic (exact) mass is 398 g/mol. The second-order valence-electron chi connectivity index (χ2n) is 7.35. The van der Waals surface area contributed by atoms with E-state index in [2.05, 4.69) is 115 Å². The number of methoxy groups -OCH3 is 1. The number of rotatable bonds is 7. The molecule has 2 heteroatoms. The summed E-state index contributed by atoms with van der Waals surface area (Å²) in [6.45, 7) is 0. The molecule has 0 aromatic heterocycles. The van der Waals surface area contributed by atoms with Crippen LogP contribution in [0.1, 0.15) is 5.56 Å². The molecule has 4 aromatic carbocycles. The molecule has 0 saturated heterocycles. The van der Waals surface area contributed by atoms with Gasteiger partial charge in [0.2, 0.25) is 0 Å². The van der Waals surface area contributed by atoms with Gasteiger partial charge in [-0.3, -0.25) is 0 Å². The van der Waals surface area contributed by atoms with Gasteiger partial charge in [0.25, 0.3) is 0 Å². The molecule has 4 aromatic rings. The standard InChI is InChI=1S/C27H27OP/c1-28-24-19-17-23(18-20-24)21-22-29(25-11-5-2-6-12-25,26-13-7-3-8-14-26)27-15-9-4-10-16-27/h2-20,29H,21-22H2,1H3. The third-order valence-electron chi connectivity index (χ3n) is 5.75. The fourth-order valence-corrected chi connectivity index (χ4v) is 9.04. The molecular weight excluding hydrogens is 371 g/mol. The van der Waals surface area contributed by atoms with E-state index in [1.165, 1.54) is 21.5 Å². The van der Waals surface area contributed by atoms with E-state index in [0.717, 1.165) is 18.3 Å². The molecule has 0 amide bonds. The molecule has 0 fully saturated rings. The summed E-state index contributed by atoms with van der Waals surface area (Å²) in [5.74, 6) is 0.909. The summed E-state index contributed by atoms with van der Waals surface area (Å²) in [6, 6.07) is 41.8. The Bertz CT molecular complexity index is 916. The third kappa shape index (κ3) is 4.11. The first-order chi connectivity index (χ1) is 14.3. The van der Waals surface area contributed by atoms with Gasteiger partial charge in [0.15, 0.2) is 0 Å². The van der Waals surface area contributed by atoms with Crippen molar-refractivity contribution in [1.82, 2.24) is 0 Å². The van der Waals surface area contributed by atoms with Crippen LogP contribution in [0.15, 0.2) is 115 Å². The average molecular weight is 398 g/mol. The maximum absolute atomic E-state index is 5.33. The number of hydrogen-bond acceptors (Lipinski definition) is 1. The summed E-state index contributed by atoms with van der Waals surface area (Å²) in [7, 11) is -0.444. The van der Waals surface area contributed by atoms with Gasteiger partial charge in [-0.25, -0.2) is 0 Å². The maximum atomic E-state index is 5.33. The third-order valence-corrected chi connectivity index (χ3v) is 10.7. The molecule has 1 nitrogen and oxygen atoms in total. The SMILES string of the molecule is COc1ccc(CC[PH](c2ccccc2)(c2ccccc2)c2ccccc2)cc1. The Morgan fingerprint density at radius 1 is 0.552 bits per heavy atom. The zero-order valence-electron chi connectivity index (χ0n) is 16.8. The predicted molar refractivity (Wildman–Crippen MR) is 128 cm³/mol. The van der Waals surface area contributed by atoms with E-state index in [1.807, 2.05) is 0 Å². The minimum atomic E-state index is -2.16. The molecule has 0 aliphatic carbocycles. The van der Waals surface area contributed by atoms with Gasteiger partial charge in [-0.05, 0) is 0 Å². The molecule has 0 spiro atoms. The van der Waals surface area contributed by atoms with Crippen molar-refractivity contribution in [3.63, 3.8) is 0 Å². The minimum absolute atomic E-state index is 0.909. The second-order valence-corrected chi connectivity index (χ2v) is 11.4. The molecule has 0 saturated carbocycles. The van der Waals surface area contributed by atoms with Crippen LogP contribution in [-0.2, 0) is 6.42 Å². The van der Waals surface area contributed by atoms with E-state index in [1.54, 1.807) is 7.11 Å². The molecule has 0 unspecified atom stereocenters. The Morgan fingerprint density at radius 2 is 0.966 bits per heavy atom. The van der Waals surface area contributed by atoms with E-state index in [-0.39, 0.29) is 0 Å². The first-order valence-electron chi connectivity index (χ1n) is 10.1. The van der Waals surface area contributed by atoms with Crippen LogP contribution < -0.4 is 20.7 Å². The van der Waals surface area contributed by atoms with Crippen LogP contribution in [0.4, 0.5) is 0 Å². The molecule has 0 aliphatic heterocycles. The fraction of sp³-hybridized carbons (Fsp3) is 0.111. The van der Waals surface area contributed by atoms with Gasteiger partial charge in [-0.15, -0.1) is 0 Å². The van der Waals surface area contributed by atoms with Crippen molar-refractivity contribution < 1.29 is 4.74 Å². The van der Waals surface area contributed by atoms with Gasteiger partial charge < -0.3 is 0 Å². The molecule has 146 valence electrons. The van der Waals surface area contributed by atoms with Gasteiger partial charge in [-0.1, -0.05) is 0 Å². The Balaban J connectivity index is 1.83. The van der Waals surface area contributed by atoms with Gasteiger partial charge in [-0.2, -0.15) is 0 Å². The first kappa shape index (κ1) is 19.4. The Kier molecular flexibility index (Phi) is 6.08. The molecule has 0 aliphatic rings. The Labute approximate surface area is 174 Å². The normalized spacial score (nSPS) is 11.8. The van der Waals surface area contributed by atoms with Crippen molar-refractivity contribution in [1.29, 1.82) is 0 Å².